The number of rotatable bonds is 3. The minimum Gasteiger partial charge on any atom is -0.245 e. The zero-order valence-corrected chi connectivity index (χ0v) is 11.6. The van der Waals surface area contributed by atoms with E-state index in [-0.39, 0.29) is 15.6 Å². The Hall–Kier alpha value is -1.46. The second-order valence-corrected chi connectivity index (χ2v) is 6.61. The summed E-state index contributed by atoms with van der Waals surface area (Å²) < 4.78 is 38.5. The molecular weight excluding hydrogens is 289 g/mol. The highest BCUT2D eigenvalue weighted by atomic mass is 35.5. The van der Waals surface area contributed by atoms with Crippen LogP contribution in [0.25, 0.3) is 0 Å². The molecule has 2 aromatic rings. The van der Waals surface area contributed by atoms with Crippen molar-refractivity contribution in [2.24, 2.45) is 0 Å². The zero-order valence-electron chi connectivity index (χ0n) is 10.0. The molecule has 0 aliphatic heterocycles. The number of hydrogen-bond acceptors (Lipinski definition) is 3. The molecule has 0 fully saturated rings. The van der Waals surface area contributed by atoms with Crippen LogP contribution in [0.4, 0.5) is 4.39 Å². The summed E-state index contributed by atoms with van der Waals surface area (Å²) >= 11 is 5.89. The molecular formula is C13H11ClFNO2S. The number of hydrogen-bond donors (Lipinski definition) is 0. The number of benzene rings is 1. The van der Waals surface area contributed by atoms with Crippen LogP contribution in [-0.4, -0.2) is 13.4 Å². The fourth-order valence-electron chi connectivity index (χ4n) is 1.75. The van der Waals surface area contributed by atoms with Gasteiger partial charge in [-0.15, -0.1) is 0 Å². The van der Waals surface area contributed by atoms with E-state index in [0.717, 1.165) is 0 Å². The fraction of sp³-hybridized carbons (Fsp3) is 0.154. The van der Waals surface area contributed by atoms with Gasteiger partial charge in [0, 0.05) is 16.8 Å². The standard InChI is InChI=1S/C13H11ClFNO2S/c1-9(13-10(14)5-4-6-11(13)15)19(17,18)12-7-2-3-8-16-12/h2-9H,1H3. The lowest BCUT2D eigenvalue weighted by Crippen LogP contribution is -2.14. The highest BCUT2D eigenvalue weighted by Crippen LogP contribution is 2.33. The molecule has 0 spiro atoms. The Morgan fingerprint density at radius 3 is 2.53 bits per heavy atom. The van der Waals surface area contributed by atoms with Gasteiger partial charge in [0.15, 0.2) is 5.03 Å². The van der Waals surface area contributed by atoms with E-state index < -0.39 is 20.9 Å². The number of sulfone groups is 1. The quantitative estimate of drug-likeness (QED) is 0.872. The zero-order chi connectivity index (χ0) is 14.0. The Morgan fingerprint density at radius 1 is 1.21 bits per heavy atom. The first-order valence-corrected chi connectivity index (χ1v) is 7.46. The van der Waals surface area contributed by atoms with Crippen LogP contribution in [0, 0.1) is 5.82 Å². The molecule has 0 radical (unpaired) electrons. The maximum Gasteiger partial charge on any atom is 0.202 e. The molecule has 0 N–H and O–H groups in total. The smallest absolute Gasteiger partial charge is 0.202 e. The van der Waals surface area contributed by atoms with Crippen LogP contribution in [0.1, 0.15) is 17.7 Å². The second kappa shape index (κ2) is 5.27. The van der Waals surface area contributed by atoms with Crippen molar-refractivity contribution in [2.45, 2.75) is 17.2 Å². The van der Waals surface area contributed by atoms with Gasteiger partial charge in [-0.05, 0) is 31.2 Å². The third-order valence-electron chi connectivity index (χ3n) is 2.80. The van der Waals surface area contributed by atoms with Gasteiger partial charge in [-0.3, -0.25) is 0 Å². The van der Waals surface area contributed by atoms with Gasteiger partial charge in [-0.2, -0.15) is 0 Å². The SMILES string of the molecule is CC(c1c(F)cccc1Cl)S(=O)(=O)c1ccccn1. The van der Waals surface area contributed by atoms with E-state index >= 15 is 0 Å². The van der Waals surface area contributed by atoms with E-state index in [1.807, 2.05) is 0 Å². The summed E-state index contributed by atoms with van der Waals surface area (Å²) in [6.07, 6.45) is 1.38. The first-order chi connectivity index (χ1) is 8.94. The largest absolute Gasteiger partial charge is 0.245 e. The third-order valence-corrected chi connectivity index (χ3v) is 5.12. The van der Waals surface area contributed by atoms with E-state index in [2.05, 4.69) is 4.98 Å². The summed E-state index contributed by atoms with van der Waals surface area (Å²) in [5.74, 6) is -0.639. The van der Waals surface area contributed by atoms with Crippen LogP contribution in [0.15, 0.2) is 47.6 Å². The summed E-state index contributed by atoms with van der Waals surface area (Å²) in [4.78, 5) is 3.80. The summed E-state index contributed by atoms with van der Waals surface area (Å²) in [5, 5.41) is -1.11. The first-order valence-electron chi connectivity index (χ1n) is 5.53. The maximum absolute atomic E-state index is 13.8. The molecule has 6 heteroatoms. The van der Waals surface area contributed by atoms with Gasteiger partial charge in [-0.25, -0.2) is 17.8 Å². The molecule has 100 valence electrons. The van der Waals surface area contributed by atoms with E-state index in [9.17, 15) is 12.8 Å². The molecule has 1 atom stereocenters. The Morgan fingerprint density at radius 2 is 1.95 bits per heavy atom. The number of aromatic nitrogens is 1. The highest BCUT2D eigenvalue weighted by Gasteiger charge is 2.29. The van der Waals surface area contributed by atoms with Gasteiger partial charge in [0.25, 0.3) is 0 Å². The Kier molecular flexibility index (Phi) is 3.87. The van der Waals surface area contributed by atoms with Gasteiger partial charge < -0.3 is 0 Å². The van der Waals surface area contributed by atoms with Crippen LogP contribution in [0.2, 0.25) is 5.02 Å². The average Bonchev–Trinajstić information content (AvgIpc) is 2.39. The van der Waals surface area contributed by atoms with Crippen LogP contribution < -0.4 is 0 Å². The van der Waals surface area contributed by atoms with Crippen molar-refractivity contribution in [3.63, 3.8) is 0 Å². The Labute approximate surface area is 116 Å². The fourth-order valence-corrected chi connectivity index (χ4v) is 3.53. The second-order valence-electron chi connectivity index (χ2n) is 3.99. The molecule has 19 heavy (non-hydrogen) atoms. The summed E-state index contributed by atoms with van der Waals surface area (Å²) in [7, 11) is -3.77. The lowest BCUT2D eigenvalue weighted by atomic mass is 10.1. The van der Waals surface area contributed by atoms with Crippen molar-refractivity contribution in [3.8, 4) is 0 Å². The lowest BCUT2D eigenvalue weighted by Gasteiger charge is -2.14. The molecule has 1 aromatic carbocycles. The highest BCUT2D eigenvalue weighted by molar-refractivity contribution is 7.91. The predicted molar refractivity (Wildman–Crippen MR) is 71.2 cm³/mol. The predicted octanol–water partition coefficient (Wildman–Crippen LogP) is 3.41. The Balaban J connectivity index is 2.53. The minimum atomic E-state index is -3.77. The van der Waals surface area contributed by atoms with Crippen molar-refractivity contribution >= 4 is 21.4 Å². The molecule has 3 nitrogen and oxygen atoms in total. The monoisotopic (exact) mass is 299 g/mol. The van der Waals surface area contributed by atoms with Crippen molar-refractivity contribution in [1.82, 2.24) is 4.98 Å². The number of pyridine rings is 1. The molecule has 0 saturated heterocycles. The van der Waals surface area contributed by atoms with E-state index in [4.69, 9.17) is 11.6 Å². The van der Waals surface area contributed by atoms with E-state index in [1.54, 1.807) is 12.1 Å². The average molecular weight is 300 g/mol. The van der Waals surface area contributed by atoms with Crippen molar-refractivity contribution < 1.29 is 12.8 Å². The molecule has 1 unspecified atom stereocenters. The molecule has 0 saturated carbocycles. The molecule has 0 bridgehead atoms. The van der Waals surface area contributed by atoms with Crippen molar-refractivity contribution in [2.75, 3.05) is 0 Å². The first kappa shape index (κ1) is 14.0. The third kappa shape index (κ3) is 2.62. The van der Waals surface area contributed by atoms with Crippen molar-refractivity contribution in [1.29, 1.82) is 0 Å². The summed E-state index contributed by atoms with van der Waals surface area (Å²) in [6.45, 7) is 1.40. The summed E-state index contributed by atoms with van der Waals surface area (Å²) in [6, 6.07) is 8.63. The van der Waals surface area contributed by atoms with E-state index in [0.29, 0.717) is 0 Å². The number of halogens is 2. The Bertz CT molecular complexity index is 669. The molecule has 1 heterocycles. The van der Waals surface area contributed by atoms with Gasteiger partial charge in [-0.1, -0.05) is 23.7 Å². The minimum absolute atomic E-state index is 0.0326. The van der Waals surface area contributed by atoms with Gasteiger partial charge in [0.2, 0.25) is 9.84 Å². The van der Waals surface area contributed by atoms with Crippen molar-refractivity contribution in [3.05, 3.63) is 59.0 Å². The van der Waals surface area contributed by atoms with Crippen LogP contribution in [-0.2, 0) is 9.84 Å². The number of nitrogens with zero attached hydrogens (tertiary/aromatic N) is 1. The summed E-state index contributed by atoms with van der Waals surface area (Å²) in [5.41, 5.74) is -0.0326. The van der Waals surface area contributed by atoms with Crippen LogP contribution in [0.3, 0.4) is 0 Å². The lowest BCUT2D eigenvalue weighted by molar-refractivity contribution is 0.570. The normalized spacial score (nSPS) is 13.2. The van der Waals surface area contributed by atoms with Crippen LogP contribution in [0.5, 0.6) is 0 Å². The molecule has 0 aliphatic carbocycles. The molecule has 0 amide bonds. The van der Waals surface area contributed by atoms with Gasteiger partial charge >= 0.3 is 0 Å². The molecule has 1 aromatic heterocycles. The molecule has 2 rings (SSSR count). The van der Waals surface area contributed by atoms with E-state index in [1.165, 1.54) is 37.4 Å². The van der Waals surface area contributed by atoms with Crippen LogP contribution >= 0.6 is 11.6 Å². The van der Waals surface area contributed by atoms with Gasteiger partial charge in [0.05, 0.1) is 5.25 Å². The topological polar surface area (TPSA) is 47.0 Å². The van der Waals surface area contributed by atoms with Gasteiger partial charge in [0.1, 0.15) is 5.82 Å². The maximum atomic E-state index is 13.8. The molecule has 0 aliphatic rings.